The van der Waals surface area contributed by atoms with Crippen LogP contribution in [0.1, 0.15) is 35.7 Å². The van der Waals surface area contributed by atoms with Gasteiger partial charge in [-0.25, -0.2) is 18.7 Å². The highest BCUT2D eigenvalue weighted by Gasteiger charge is 2.18. The summed E-state index contributed by atoms with van der Waals surface area (Å²) in [6.07, 6.45) is 0. The lowest BCUT2D eigenvalue weighted by atomic mass is 10.2. The molecule has 29 heavy (non-hydrogen) atoms. The Labute approximate surface area is 168 Å². The lowest BCUT2D eigenvalue weighted by molar-refractivity contribution is 0.102. The largest absolute Gasteiger partial charge is 0.350 e. The average molecular weight is 396 g/mol. The molecular weight excluding hydrogens is 374 g/mol. The molecule has 0 saturated heterocycles. The fraction of sp³-hybridized carbons (Fsp3) is 0.227. The van der Waals surface area contributed by atoms with Crippen LogP contribution in [0.3, 0.4) is 0 Å². The standard InChI is InChI=1S/C22H22F2N4O/c1-14(2)28(13-16-7-5-4-6-8-16)21-12-20(25-15(3)26-21)22(29)27-19-10-9-17(23)11-18(19)24/h4-12,14H,13H2,1-3H3,(H,27,29). The fourth-order valence-electron chi connectivity index (χ4n) is 2.90. The maximum atomic E-state index is 13.9. The fourth-order valence-corrected chi connectivity index (χ4v) is 2.90. The van der Waals surface area contributed by atoms with Gasteiger partial charge in [0.15, 0.2) is 0 Å². The molecule has 0 aliphatic carbocycles. The molecule has 0 aliphatic rings. The summed E-state index contributed by atoms with van der Waals surface area (Å²) in [7, 11) is 0. The van der Waals surface area contributed by atoms with Crippen LogP contribution in [0.4, 0.5) is 20.3 Å². The number of carbonyl (C=O) groups is 1. The molecule has 0 atom stereocenters. The van der Waals surface area contributed by atoms with E-state index in [9.17, 15) is 13.6 Å². The van der Waals surface area contributed by atoms with Crippen LogP contribution in [-0.4, -0.2) is 21.9 Å². The van der Waals surface area contributed by atoms with Gasteiger partial charge in [0.25, 0.3) is 5.91 Å². The molecule has 1 heterocycles. The Hall–Kier alpha value is -3.35. The topological polar surface area (TPSA) is 58.1 Å². The second-order valence-corrected chi connectivity index (χ2v) is 6.94. The van der Waals surface area contributed by atoms with Crippen molar-refractivity contribution in [3.63, 3.8) is 0 Å². The van der Waals surface area contributed by atoms with Crippen LogP contribution in [-0.2, 0) is 6.54 Å². The second-order valence-electron chi connectivity index (χ2n) is 6.94. The van der Waals surface area contributed by atoms with Crippen LogP contribution < -0.4 is 10.2 Å². The van der Waals surface area contributed by atoms with Crippen LogP contribution in [0.2, 0.25) is 0 Å². The minimum atomic E-state index is -0.850. The van der Waals surface area contributed by atoms with Gasteiger partial charge in [0.1, 0.15) is 29.0 Å². The lowest BCUT2D eigenvalue weighted by Gasteiger charge is -2.28. The number of aromatic nitrogens is 2. The first kappa shape index (κ1) is 20.4. The van der Waals surface area contributed by atoms with Crippen molar-refractivity contribution in [2.75, 3.05) is 10.2 Å². The molecule has 0 aliphatic heterocycles. The highest BCUT2D eigenvalue weighted by molar-refractivity contribution is 6.03. The molecule has 2 aromatic carbocycles. The number of anilines is 2. The molecule has 150 valence electrons. The zero-order chi connectivity index (χ0) is 21.0. The number of amides is 1. The number of benzene rings is 2. The van der Waals surface area contributed by atoms with Gasteiger partial charge in [-0.1, -0.05) is 30.3 Å². The molecule has 1 amide bonds. The Balaban J connectivity index is 1.88. The third-order valence-corrected chi connectivity index (χ3v) is 4.35. The van der Waals surface area contributed by atoms with Gasteiger partial charge in [-0.15, -0.1) is 0 Å². The maximum Gasteiger partial charge on any atom is 0.274 e. The van der Waals surface area contributed by atoms with Crippen molar-refractivity contribution in [2.24, 2.45) is 0 Å². The molecule has 0 radical (unpaired) electrons. The van der Waals surface area contributed by atoms with Crippen molar-refractivity contribution in [2.45, 2.75) is 33.4 Å². The predicted molar refractivity (Wildman–Crippen MR) is 109 cm³/mol. The van der Waals surface area contributed by atoms with Crippen LogP contribution in [0.25, 0.3) is 0 Å². The first-order valence-electron chi connectivity index (χ1n) is 9.26. The minimum Gasteiger partial charge on any atom is -0.350 e. The highest BCUT2D eigenvalue weighted by Crippen LogP contribution is 2.21. The summed E-state index contributed by atoms with van der Waals surface area (Å²) in [6, 6.07) is 14.6. The molecule has 5 nitrogen and oxygen atoms in total. The summed E-state index contributed by atoms with van der Waals surface area (Å²) < 4.78 is 26.9. The van der Waals surface area contributed by atoms with Gasteiger partial charge >= 0.3 is 0 Å². The van der Waals surface area contributed by atoms with E-state index in [-0.39, 0.29) is 17.4 Å². The number of nitrogens with zero attached hydrogens (tertiary/aromatic N) is 3. The smallest absolute Gasteiger partial charge is 0.274 e. The number of halogens is 2. The van der Waals surface area contributed by atoms with Crippen molar-refractivity contribution in [1.82, 2.24) is 9.97 Å². The molecule has 0 fully saturated rings. The third-order valence-electron chi connectivity index (χ3n) is 4.35. The van der Waals surface area contributed by atoms with E-state index in [1.54, 1.807) is 13.0 Å². The Kier molecular flexibility index (Phi) is 6.16. The summed E-state index contributed by atoms with van der Waals surface area (Å²) in [4.78, 5) is 23.3. The monoisotopic (exact) mass is 396 g/mol. The van der Waals surface area contributed by atoms with E-state index in [1.165, 1.54) is 6.07 Å². The van der Waals surface area contributed by atoms with Crippen molar-refractivity contribution >= 4 is 17.4 Å². The van der Waals surface area contributed by atoms with E-state index >= 15 is 0 Å². The van der Waals surface area contributed by atoms with Gasteiger partial charge in [0, 0.05) is 24.7 Å². The van der Waals surface area contributed by atoms with Crippen LogP contribution in [0.15, 0.2) is 54.6 Å². The van der Waals surface area contributed by atoms with Gasteiger partial charge in [-0.3, -0.25) is 4.79 Å². The minimum absolute atomic E-state index is 0.106. The Bertz CT molecular complexity index is 1010. The van der Waals surface area contributed by atoms with Crippen LogP contribution >= 0.6 is 0 Å². The molecular formula is C22H22F2N4O. The van der Waals surface area contributed by atoms with Gasteiger partial charge in [0.05, 0.1) is 5.69 Å². The summed E-state index contributed by atoms with van der Waals surface area (Å²) >= 11 is 0. The molecule has 1 N–H and O–H groups in total. The Morgan fingerprint density at radius 3 is 2.45 bits per heavy atom. The summed E-state index contributed by atoms with van der Waals surface area (Å²) in [5.41, 5.74) is 1.10. The Morgan fingerprint density at radius 2 is 1.79 bits per heavy atom. The zero-order valence-electron chi connectivity index (χ0n) is 16.5. The summed E-state index contributed by atoms with van der Waals surface area (Å²) in [6.45, 7) is 6.38. The van der Waals surface area contributed by atoms with Crippen molar-refractivity contribution < 1.29 is 13.6 Å². The van der Waals surface area contributed by atoms with Crippen molar-refractivity contribution in [3.8, 4) is 0 Å². The number of hydrogen-bond acceptors (Lipinski definition) is 4. The Morgan fingerprint density at radius 1 is 1.07 bits per heavy atom. The maximum absolute atomic E-state index is 13.9. The van der Waals surface area contributed by atoms with Crippen LogP contribution in [0, 0.1) is 18.6 Å². The number of carbonyl (C=O) groups excluding carboxylic acids is 1. The molecule has 0 spiro atoms. The molecule has 0 bridgehead atoms. The molecule has 7 heteroatoms. The zero-order valence-corrected chi connectivity index (χ0v) is 16.5. The van der Waals surface area contributed by atoms with Crippen LogP contribution in [0.5, 0.6) is 0 Å². The van der Waals surface area contributed by atoms with Gasteiger partial charge < -0.3 is 10.2 Å². The van der Waals surface area contributed by atoms with E-state index < -0.39 is 17.5 Å². The SMILES string of the molecule is Cc1nc(C(=O)Nc2ccc(F)cc2F)cc(N(Cc2ccccc2)C(C)C)n1. The quantitative estimate of drug-likeness (QED) is 0.654. The summed E-state index contributed by atoms with van der Waals surface area (Å²) in [5.74, 6) is -1.14. The molecule has 3 rings (SSSR count). The van der Waals surface area contributed by atoms with Gasteiger partial charge in [-0.2, -0.15) is 0 Å². The normalized spacial score (nSPS) is 10.8. The number of rotatable bonds is 6. The number of aryl methyl sites for hydroxylation is 1. The van der Waals surface area contributed by atoms with E-state index in [1.807, 2.05) is 44.2 Å². The average Bonchev–Trinajstić information content (AvgIpc) is 2.68. The molecule has 0 saturated carbocycles. The van der Waals surface area contributed by atoms with E-state index in [0.29, 0.717) is 24.3 Å². The number of nitrogens with one attached hydrogen (secondary N) is 1. The lowest BCUT2D eigenvalue weighted by Crippen LogP contribution is -2.31. The van der Waals surface area contributed by atoms with Gasteiger partial charge in [0.2, 0.25) is 0 Å². The summed E-state index contributed by atoms with van der Waals surface area (Å²) in [5, 5.41) is 2.44. The van der Waals surface area contributed by atoms with E-state index in [4.69, 9.17) is 0 Å². The first-order valence-corrected chi connectivity index (χ1v) is 9.26. The highest BCUT2D eigenvalue weighted by atomic mass is 19.1. The van der Waals surface area contributed by atoms with E-state index in [0.717, 1.165) is 11.6 Å². The van der Waals surface area contributed by atoms with Gasteiger partial charge in [-0.05, 0) is 38.5 Å². The van der Waals surface area contributed by atoms with Crippen molar-refractivity contribution in [3.05, 3.63) is 83.3 Å². The first-order chi connectivity index (χ1) is 13.8. The molecule has 0 unspecified atom stereocenters. The second kappa shape index (κ2) is 8.77. The molecule has 3 aromatic rings. The van der Waals surface area contributed by atoms with E-state index in [2.05, 4.69) is 20.2 Å². The predicted octanol–water partition coefficient (Wildman–Crippen LogP) is 4.73. The molecule has 1 aromatic heterocycles. The third kappa shape index (κ3) is 5.13. The number of hydrogen-bond donors (Lipinski definition) is 1. The van der Waals surface area contributed by atoms with Crippen molar-refractivity contribution in [1.29, 1.82) is 0 Å².